The lowest BCUT2D eigenvalue weighted by molar-refractivity contribution is -0.124. The first-order valence-electron chi connectivity index (χ1n) is 6.58. The highest BCUT2D eigenvalue weighted by Crippen LogP contribution is 2.07. The van der Waals surface area contributed by atoms with Crippen LogP contribution in [-0.2, 0) is 4.79 Å². The lowest BCUT2D eigenvalue weighted by Crippen LogP contribution is -2.50. The second kappa shape index (κ2) is 6.73. The molecule has 5 heteroatoms. The lowest BCUT2D eigenvalue weighted by atomic mass is 10.1. The van der Waals surface area contributed by atoms with Crippen LogP contribution in [0, 0.1) is 11.8 Å². The van der Waals surface area contributed by atoms with Gasteiger partial charge in [-0.3, -0.25) is 9.59 Å². The van der Waals surface area contributed by atoms with Crippen LogP contribution in [0.2, 0.25) is 0 Å². The monoisotopic (exact) mass is 271 g/mol. The smallest absolute Gasteiger partial charge is 0.251 e. The molecular formula is C15H17N3O2. The fourth-order valence-electron chi connectivity index (χ4n) is 2.04. The third-order valence-corrected chi connectivity index (χ3v) is 3.05. The molecule has 0 saturated carbocycles. The van der Waals surface area contributed by atoms with Gasteiger partial charge in [-0.05, 0) is 31.0 Å². The van der Waals surface area contributed by atoms with Crippen LogP contribution in [0.25, 0.3) is 0 Å². The van der Waals surface area contributed by atoms with Crippen molar-refractivity contribution in [3.05, 3.63) is 35.4 Å². The van der Waals surface area contributed by atoms with Crippen molar-refractivity contribution in [1.29, 1.82) is 0 Å². The minimum atomic E-state index is -0.449. The summed E-state index contributed by atoms with van der Waals surface area (Å²) < 4.78 is 0. The zero-order valence-electron chi connectivity index (χ0n) is 11.1. The third kappa shape index (κ3) is 3.59. The van der Waals surface area contributed by atoms with Gasteiger partial charge in [0.1, 0.15) is 6.04 Å². The first kappa shape index (κ1) is 14.1. The Morgan fingerprint density at radius 2 is 2.35 bits per heavy atom. The van der Waals surface area contributed by atoms with Crippen LogP contribution < -0.4 is 16.4 Å². The van der Waals surface area contributed by atoms with E-state index in [0.717, 1.165) is 12.0 Å². The number of benzene rings is 1. The highest BCUT2D eigenvalue weighted by molar-refractivity contribution is 5.97. The zero-order chi connectivity index (χ0) is 14.4. The van der Waals surface area contributed by atoms with Crippen molar-refractivity contribution >= 4 is 11.8 Å². The fourth-order valence-corrected chi connectivity index (χ4v) is 2.04. The lowest BCUT2D eigenvalue weighted by Gasteiger charge is -2.22. The molecule has 4 N–H and O–H groups in total. The van der Waals surface area contributed by atoms with Crippen molar-refractivity contribution in [2.45, 2.75) is 18.9 Å². The van der Waals surface area contributed by atoms with Crippen molar-refractivity contribution in [1.82, 2.24) is 10.6 Å². The minimum Gasteiger partial charge on any atom is -0.354 e. The summed E-state index contributed by atoms with van der Waals surface area (Å²) in [5.41, 5.74) is 6.54. The number of hydrogen-bond acceptors (Lipinski definition) is 3. The van der Waals surface area contributed by atoms with E-state index in [4.69, 9.17) is 5.73 Å². The molecule has 1 fully saturated rings. The first-order chi connectivity index (χ1) is 9.70. The van der Waals surface area contributed by atoms with Gasteiger partial charge < -0.3 is 16.4 Å². The van der Waals surface area contributed by atoms with Crippen LogP contribution in [0.1, 0.15) is 28.8 Å². The maximum absolute atomic E-state index is 12.1. The summed E-state index contributed by atoms with van der Waals surface area (Å²) in [6, 6.07) is 6.51. The van der Waals surface area contributed by atoms with Gasteiger partial charge in [0.05, 0.1) is 6.54 Å². The highest BCUT2D eigenvalue weighted by atomic mass is 16.2. The van der Waals surface area contributed by atoms with E-state index >= 15 is 0 Å². The van der Waals surface area contributed by atoms with Crippen LogP contribution in [0.4, 0.5) is 0 Å². The first-order valence-corrected chi connectivity index (χ1v) is 6.58. The largest absolute Gasteiger partial charge is 0.354 e. The van der Waals surface area contributed by atoms with Gasteiger partial charge >= 0.3 is 0 Å². The van der Waals surface area contributed by atoms with E-state index < -0.39 is 6.04 Å². The Bertz CT molecular complexity index is 572. The van der Waals surface area contributed by atoms with Gasteiger partial charge in [0, 0.05) is 17.7 Å². The standard InChI is InChI=1S/C15H17N3O2/c16-8-2-5-11-4-1-6-12(10-11)14(19)18-13-7-3-9-17-15(13)20/h1,4,6,10,13H,3,7-9,16H2,(H,17,20)(H,18,19). The summed E-state index contributed by atoms with van der Waals surface area (Å²) in [7, 11) is 0. The van der Waals surface area contributed by atoms with E-state index in [1.165, 1.54) is 0 Å². The third-order valence-electron chi connectivity index (χ3n) is 3.05. The maximum Gasteiger partial charge on any atom is 0.251 e. The molecule has 1 unspecified atom stereocenters. The Morgan fingerprint density at radius 3 is 3.10 bits per heavy atom. The average Bonchev–Trinajstić information content (AvgIpc) is 2.48. The van der Waals surface area contributed by atoms with Crippen molar-refractivity contribution < 1.29 is 9.59 Å². The molecule has 1 saturated heterocycles. The number of carbonyl (C=O) groups excluding carboxylic acids is 2. The SMILES string of the molecule is NCC#Cc1cccc(C(=O)NC2CCCNC2=O)c1. The number of amides is 2. The number of piperidine rings is 1. The quantitative estimate of drug-likeness (QED) is 0.662. The minimum absolute atomic E-state index is 0.122. The van der Waals surface area contributed by atoms with Gasteiger partial charge in [0.15, 0.2) is 0 Å². The topological polar surface area (TPSA) is 84.2 Å². The molecule has 0 bridgehead atoms. The van der Waals surface area contributed by atoms with Gasteiger partial charge in [0.2, 0.25) is 5.91 Å². The van der Waals surface area contributed by atoms with Gasteiger partial charge in [0.25, 0.3) is 5.91 Å². The number of nitrogens with one attached hydrogen (secondary N) is 2. The second-order valence-corrected chi connectivity index (χ2v) is 4.55. The average molecular weight is 271 g/mol. The normalized spacial score (nSPS) is 17.6. The number of hydrogen-bond donors (Lipinski definition) is 3. The van der Waals surface area contributed by atoms with E-state index in [1.54, 1.807) is 18.2 Å². The van der Waals surface area contributed by atoms with Crippen molar-refractivity contribution in [3.8, 4) is 11.8 Å². The van der Waals surface area contributed by atoms with E-state index in [2.05, 4.69) is 22.5 Å². The summed E-state index contributed by atoms with van der Waals surface area (Å²) in [5, 5.41) is 5.48. The molecule has 1 aliphatic heterocycles. The summed E-state index contributed by atoms with van der Waals surface area (Å²) in [4.78, 5) is 23.7. The molecule has 20 heavy (non-hydrogen) atoms. The Balaban J connectivity index is 2.07. The Kier molecular flexibility index (Phi) is 4.75. The molecule has 1 atom stereocenters. The molecule has 0 spiro atoms. The molecule has 2 rings (SSSR count). The predicted octanol–water partition coefficient (Wildman–Crippen LogP) is 0.00520. The Morgan fingerprint density at radius 1 is 1.50 bits per heavy atom. The summed E-state index contributed by atoms with van der Waals surface area (Å²) in [5.74, 6) is 5.24. The van der Waals surface area contributed by atoms with Gasteiger partial charge in [-0.1, -0.05) is 17.9 Å². The molecule has 2 amide bonds. The van der Waals surface area contributed by atoms with Crippen molar-refractivity contribution in [3.63, 3.8) is 0 Å². The predicted molar refractivity (Wildman–Crippen MR) is 75.9 cm³/mol. The zero-order valence-corrected chi connectivity index (χ0v) is 11.1. The van der Waals surface area contributed by atoms with Gasteiger partial charge in [-0.15, -0.1) is 0 Å². The Hall–Kier alpha value is -2.32. The molecule has 0 aliphatic carbocycles. The van der Waals surface area contributed by atoms with Crippen LogP contribution in [0.5, 0.6) is 0 Å². The summed E-state index contributed by atoms with van der Waals surface area (Å²) in [6.07, 6.45) is 1.54. The molecule has 1 heterocycles. The van der Waals surface area contributed by atoms with Gasteiger partial charge in [-0.25, -0.2) is 0 Å². The Labute approximate surface area is 117 Å². The van der Waals surface area contributed by atoms with Crippen LogP contribution in [-0.4, -0.2) is 30.9 Å². The molecular weight excluding hydrogens is 254 g/mol. The molecule has 1 aliphatic rings. The van der Waals surface area contributed by atoms with E-state index in [-0.39, 0.29) is 18.4 Å². The number of nitrogens with two attached hydrogens (primary N) is 1. The molecule has 1 aromatic carbocycles. The highest BCUT2D eigenvalue weighted by Gasteiger charge is 2.23. The van der Waals surface area contributed by atoms with E-state index in [0.29, 0.717) is 18.5 Å². The molecule has 0 aromatic heterocycles. The number of rotatable bonds is 2. The molecule has 5 nitrogen and oxygen atoms in total. The van der Waals surface area contributed by atoms with Crippen molar-refractivity contribution in [2.75, 3.05) is 13.1 Å². The van der Waals surface area contributed by atoms with Crippen LogP contribution in [0.15, 0.2) is 24.3 Å². The van der Waals surface area contributed by atoms with Crippen molar-refractivity contribution in [2.24, 2.45) is 5.73 Å². The fraction of sp³-hybridized carbons (Fsp3) is 0.333. The summed E-state index contributed by atoms with van der Waals surface area (Å²) in [6.45, 7) is 0.952. The maximum atomic E-state index is 12.1. The molecule has 0 radical (unpaired) electrons. The van der Waals surface area contributed by atoms with E-state index in [1.807, 2.05) is 6.07 Å². The molecule has 1 aromatic rings. The second-order valence-electron chi connectivity index (χ2n) is 4.55. The number of carbonyl (C=O) groups is 2. The molecule has 104 valence electrons. The van der Waals surface area contributed by atoms with Crippen LogP contribution >= 0.6 is 0 Å². The summed E-state index contributed by atoms with van der Waals surface area (Å²) >= 11 is 0. The van der Waals surface area contributed by atoms with Crippen LogP contribution in [0.3, 0.4) is 0 Å². The van der Waals surface area contributed by atoms with Gasteiger partial charge in [-0.2, -0.15) is 0 Å². The van der Waals surface area contributed by atoms with E-state index in [9.17, 15) is 9.59 Å².